The second-order valence-corrected chi connectivity index (χ2v) is 8.90. The van der Waals surface area contributed by atoms with Gasteiger partial charge in [-0.3, -0.25) is 4.79 Å². The van der Waals surface area contributed by atoms with E-state index in [1.807, 2.05) is 66.7 Å². The predicted octanol–water partition coefficient (Wildman–Crippen LogP) is 7.48. The van der Waals surface area contributed by atoms with Gasteiger partial charge in [-0.05, 0) is 59.5 Å². The fourth-order valence-corrected chi connectivity index (χ4v) is 3.49. The molecule has 1 aliphatic heterocycles. The summed E-state index contributed by atoms with van der Waals surface area (Å²) in [6, 6.07) is -0.117. The van der Waals surface area contributed by atoms with E-state index in [0.717, 1.165) is 5.57 Å². The molecule has 0 saturated carbocycles. The van der Waals surface area contributed by atoms with Crippen molar-refractivity contribution in [3.05, 3.63) is 36.5 Å². The summed E-state index contributed by atoms with van der Waals surface area (Å²) in [5, 5.41) is 0. The van der Waals surface area contributed by atoms with Gasteiger partial charge >= 0.3 is 12.1 Å². The monoisotopic (exact) mass is 451 g/mol. The molecule has 0 radical (unpaired) electrons. The van der Waals surface area contributed by atoms with Crippen LogP contribution in [0.2, 0.25) is 0 Å². The molecule has 1 fully saturated rings. The Morgan fingerprint density at radius 2 is 1.75 bits per heavy atom. The van der Waals surface area contributed by atoms with Gasteiger partial charge in [0.15, 0.2) is 0 Å². The molecule has 32 heavy (non-hydrogen) atoms. The third kappa shape index (κ3) is 11.5. The molecule has 2 unspecified atom stereocenters. The molecule has 0 aromatic heterocycles. The van der Waals surface area contributed by atoms with Gasteiger partial charge in [0.05, 0.1) is 12.5 Å². The summed E-state index contributed by atoms with van der Waals surface area (Å²) in [6.07, 6.45) is 11.5. The highest BCUT2D eigenvalue weighted by molar-refractivity contribution is 5.78. The first-order valence-corrected chi connectivity index (χ1v) is 12.0. The number of amides is 1. The lowest BCUT2D eigenvalue weighted by Gasteiger charge is -2.44. The summed E-state index contributed by atoms with van der Waals surface area (Å²) < 4.78 is 10.6. The summed E-state index contributed by atoms with van der Waals surface area (Å²) in [6.45, 7) is 22.0. The molecule has 0 aromatic rings. The molecule has 0 bridgehead atoms. The second-order valence-electron chi connectivity index (χ2n) is 8.90. The van der Waals surface area contributed by atoms with Gasteiger partial charge in [0, 0.05) is 12.6 Å². The molecule has 1 amide bonds. The van der Waals surface area contributed by atoms with Crippen LogP contribution in [0, 0.1) is 5.41 Å². The predicted molar refractivity (Wildman–Crippen MR) is 136 cm³/mol. The number of unbranched alkanes of at least 4 members (excludes halogenated alkanes) is 1. The highest BCUT2D eigenvalue weighted by Gasteiger charge is 2.46. The van der Waals surface area contributed by atoms with Crippen LogP contribution in [0.25, 0.3) is 0 Å². The number of carbonyl (C=O) groups is 2. The van der Waals surface area contributed by atoms with Crippen molar-refractivity contribution in [2.45, 2.75) is 106 Å². The Morgan fingerprint density at radius 1 is 1.19 bits per heavy atom. The van der Waals surface area contributed by atoms with E-state index in [-0.39, 0.29) is 18.1 Å². The van der Waals surface area contributed by atoms with Gasteiger partial charge in [0.2, 0.25) is 0 Å². The van der Waals surface area contributed by atoms with Crippen LogP contribution in [0.5, 0.6) is 0 Å². The maximum atomic E-state index is 12.6. The number of rotatable bonds is 6. The Hall–Kier alpha value is -2.04. The number of hydrogen-bond donors (Lipinski definition) is 0. The molecular formula is C27H49NO4. The van der Waals surface area contributed by atoms with Gasteiger partial charge < -0.3 is 14.4 Å². The number of esters is 1. The minimum absolute atomic E-state index is 0.117. The van der Waals surface area contributed by atoms with Crippen molar-refractivity contribution in [1.82, 2.24) is 4.90 Å². The van der Waals surface area contributed by atoms with Gasteiger partial charge in [0.25, 0.3) is 0 Å². The van der Waals surface area contributed by atoms with Crippen molar-refractivity contribution in [2.24, 2.45) is 5.41 Å². The molecule has 1 aliphatic rings. The molecule has 5 nitrogen and oxygen atoms in total. The van der Waals surface area contributed by atoms with Crippen molar-refractivity contribution in [1.29, 1.82) is 0 Å². The molecule has 1 rings (SSSR count). The number of allylic oxidation sites excluding steroid dienone is 5. The summed E-state index contributed by atoms with van der Waals surface area (Å²) >= 11 is 0. The maximum Gasteiger partial charge on any atom is 0.410 e. The minimum atomic E-state index is -0.652. The molecule has 186 valence electrons. The van der Waals surface area contributed by atoms with Gasteiger partial charge in [-0.15, -0.1) is 0 Å². The van der Waals surface area contributed by atoms with Gasteiger partial charge in [-0.2, -0.15) is 0 Å². The van der Waals surface area contributed by atoms with Gasteiger partial charge in [0.1, 0.15) is 5.60 Å². The molecule has 2 atom stereocenters. The Morgan fingerprint density at radius 3 is 2.12 bits per heavy atom. The largest absolute Gasteiger partial charge is 0.469 e. The Labute approximate surface area is 197 Å². The third-order valence-corrected chi connectivity index (χ3v) is 5.05. The number of nitrogens with zero attached hydrogens (tertiary/aromatic N) is 1. The quantitative estimate of drug-likeness (QED) is 0.310. The van der Waals surface area contributed by atoms with Crippen LogP contribution in [0.15, 0.2) is 36.5 Å². The summed E-state index contributed by atoms with van der Waals surface area (Å²) in [5.74, 6) is -0.229. The molecule has 1 heterocycles. The van der Waals surface area contributed by atoms with Crippen LogP contribution in [0.1, 0.15) is 94.4 Å². The molecular weight excluding hydrogens is 402 g/mol. The van der Waals surface area contributed by atoms with Crippen LogP contribution in [-0.2, 0) is 14.3 Å². The lowest BCUT2D eigenvalue weighted by Crippen LogP contribution is -2.52. The molecule has 0 N–H and O–H groups in total. The van der Waals surface area contributed by atoms with Crippen LogP contribution in [0.4, 0.5) is 4.79 Å². The van der Waals surface area contributed by atoms with Crippen molar-refractivity contribution in [3.8, 4) is 0 Å². The van der Waals surface area contributed by atoms with E-state index < -0.39 is 11.0 Å². The van der Waals surface area contributed by atoms with E-state index in [1.54, 1.807) is 11.0 Å². The lowest BCUT2D eigenvalue weighted by atomic mass is 9.71. The van der Waals surface area contributed by atoms with Crippen LogP contribution in [-0.4, -0.2) is 42.3 Å². The highest BCUT2D eigenvalue weighted by Crippen LogP contribution is 2.42. The zero-order chi connectivity index (χ0) is 25.4. The second kappa shape index (κ2) is 16.6. The van der Waals surface area contributed by atoms with Crippen LogP contribution in [0.3, 0.4) is 0 Å². The maximum absolute atomic E-state index is 12.6. The van der Waals surface area contributed by atoms with Gasteiger partial charge in [-0.1, -0.05) is 71.4 Å². The molecule has 0 spiro atoms. The molecule has 5 heteroatoms. The minimum Gasteiger partial charge on any atom is -0.469 e. The number of piperidine rings is 1. The number of ether oxygens (including phenoxy) is 2. The fourth-order valence-electron chi connectivity index (χ4n) is 3.49. The van der Waals surface area contributed by atoms with Crippen LogP contribution < -0.4 is 0 Å². The first kappa shape index (κ1) is 32.1. The SMILES string of the molecule is C=C/C=C(\C=C/C)CC1(C(=O)OC)CCN(C(=O)OC(C)(C)C)C(C)C1.CC.CCCC. The van der Waals surface area contributed by atoms with E-state index in [4.69, 9.17) is 9.47 Å². The Bertz CT molecular complexity index is 614. The molecule has 0 aliphatic carbocycles. The standard InChI is InChI=1S/C21H33NO4.C4H10.C2H6/c1-8-10-17(11-9-2)15-21(18(23)25-7)12-13-22(16(3)14-21)19(24)26-20(4,5)6;1-3-4-2;1-2/h8-11,16H,1,12-15H2,2-7H3;3-4H2,1-2H3;1-2H3/b11-9-,17-10+;;. The fraction of sp³-hybridized carbons (Fsp3) is 0.704. The first-order chi connectivity index (χ1) is 15.0. The topological polar surface area (TPSA) is 55.8 Å². The highest BCUT2D eigenvalue weighted by atomic mass is 16.6. The summed E-state index contributed by atoms with van der Waals surface area (Å²) in [5.41, 5.74) is -0.175. The van der Waals surface area contributed by atoms with E-state index in [1.165, 1.54) is 20.0 Å². The average Bonchev–Trinajstić information content (AvgIpc) is 2.73. The summed E-state index contributed by atoms with van der Waals surface area (Å²) in [4.78, 5) is 26.8. The molecule has 1 saturated heterocycles. The smallest absolute Gasteiger partial charge is 0.410 e. The van der Waals surface area contributed by atoms with Crippen molar-refractivity contribution >= 4 is 12.1 Å². The van der Waals surface area contributed by atoms with Crippen molar-refractivity contribution in [2.75, 3.05) is 13.7 Å². The average molecular weight is 452 g/mol. The number of methoxy groups -OCH3 is 1. The first-order valence-electron chi connectivity index (χ1n) is 12.0. The van der Waals surface area contributed by atoms with E-state index in [0.29, 0.717) is 25.8 Å². The van der Waals surface area contributed by atoms with Crippen LogP contribution >= 0.6 is 0 Å². The van der Waals surface area contributed by atoms with Crippen molar-refractivity contribution in [3.63, 3.8) is 0 Å². The van der Waals surface area contributed by atoms with Gasteiger partial charge in [-0.25, -0.2) is 4.79 Å². The zero-order valence-electron chi connectivity index (χ0n) is 22.4. The molecule has 0 aromatic carbocycles. The van der Waals surface area contributed by atoms with E-state index in [9.17, 15) is 9.59 Å². The Kier molecular flexibility index (Phi) is 16.6. The van der Waals surface area contributed by atoms with E-state index >= 15 is 0 Å². The lowest BCUT2D eigenvalue weighted by molar-refractivity contribution is -0.157. The Balaban J connectivity index is 0. The van der Waals surface area contributed by atoms with E-state index in [2.05, 4.69) is 20.4 Å². The normalized spacial score (nSPS) is 21.0. The zero-order valence-corrected chi connectivity index (χ0v) is 22.4. The summed E-state index contributed by atoms with van der Waals surface area (Å²) in [7, 11) is 1.42. The van der Waals surface area contributed by atoms with Crippen molar-refractivity contribution < 1.29 is 19.1 Å². The number of hydrogen-bond acceptors (Lipinski definition) is 4. The number of likely N-dealkylation sites (tertiary alicyclic amines) is 1. The third-order valence-electron chi connectivity index (χ3n) is 5.05. The number of carbonyl (C=O) groups excluding carboxylic acids is 2.